The minimum Gasteiger partial charge on any atom is -0.360 e. The monoisotopic (exact) mass is 484 g/mol. The predicted octanol–water partition coefficient (Wildman–Crippen LogP) is 3.15. The molecule has 1 aliphatic rings. The highest BCUT2D eigenvalue weighted by Crippen LogP contribution is 2.29. The van der Waals surface area contributed by atoms with Crippen molar-refractivity contribution < 1.29 is 30.9 Å². The van der Waals surface area contributed by atoms with Crippen LogP contribution in [0.1, 0.15) is 35.4 Å². The van der Waals surface area contributed by atoms with Gasteiger partial charge in [-0.3, -0.25) is 4.79 Å². The van der Waals surface area contributed by atoms with Crippen molar-refractivity contribution in [2.45, 2.75) is 44.3 Å². The number of aromatic nitrogens is 1. The van der Waals surface area contributed by atoms with Crippen LogP contribution in [0.4, 0.5) is 13.2 Å². The maximum atomic E-state index is 13.2. The van der Waals surface area contributed by atoms with Crippen LogP contribution in [-0.2, 0) is 21.4 Å². The van der Waals surface area contributed by atoms with Crippen molar-refractivity contribution in [3.63, 3.8) is 0 Å². The third-order valence-electron chi connectivity index (χ3n) is 5.44. The number of benzene rings is 1. The molecule has 1 aliphatic heterocycles. The van der Waals surface area contributed by atoms with Gasteiger partial charge in [0.25, 0.3) is 0 Å². The number of alkyl halides is 3. The Morgan fingerprint density at radius 2 is 1.97 bits per heavy atom. The van der Waals surface area contributed by atoms with Gasteiger partial charge in [0.05, 0.1) is 17.6 Å². The zero-order chi connectivity index (χ0) is 24.4. The lowest BCUT2D eigenvalue weighted by atomic mass is 9.97. The number of hydrogen-bond donors (Lipinski definition) is 0. The van der Waals surface area contributed by atoms with Crippen LogP contribution in [0.3, 0.4) is 0 Å². The standard InChI is InChI=1S/C21H23F3N4O4S/c1-14-19(15(2)32-26-14)33(30,31)28-9-3-4-18(12-28)20(29)27(13-21(22,23)24)11-17-7-5-16(10-25)6-8-17/h5-8,18H,3-4,9,11-13H2,1-2H3. The van der Waals surface area contributed by atoms with Crippen LogP contribution >= 0.6 is 0 Å². The summed E-state index contributed by atoms with van der Waals surface area (Å²) in [6, 6.07) is 7.83. The quantitative estimate of drug-likeness (QED) is 0.623. The lowest BCUT2D eigenvalue weighted by molar-refractivity contribution is -0.165. The number of carbonyl (C=O) groups excluding carboxylic acids is 1. The number of sulfonamides is 1. The highest BCUT2D eigenvalue weighted by atomic mass is 32.2. The van der Waals surface area contributed by atoms with Crippen LogP contribution in [0.25, 0.3) is 0 Å². The normalized spacial score (nSPS) is 17.5. The number of amides is 1. The van der Waals surface area contributed by atoms with Gasteiger partial charge in [-0.1, -0.05) is 17.3 Å². The van der Waals surface area contributed by atoms with Crippen LogP contribution in [-0.4, -0.2) is 54.5 Å². The van der Waals surface area contributed by atoms with Gasteiger partial charge in [-0.2, -0.15) is 22.7 Å². The number of piperidine rings is 1. The van der Waals surface area contributed by atoms with E-state index >= 15 is 0 Å². The summed E-state index contributed by atoms with van der Waals surface area (Å²) in [5, 5.41) is 12.5. The largest absolute Gasteiger partial charge is 0.406 e. The lowest BCUT2D eigenvalue weighted by Crippen LogP contribution is -2.48. The molecule has 1 aromatic carbocycles. The maximum absolute atomic E-state index is 13.2. The van der Waals surface area contributed by atoms with Gasteiger partial charge in [0.2, 0.25) is 15.9 Å². The predicted molar refractivity (Wildman–Crippen MR) is 110 cm³/mol. The van der Waals surface area contributed by atoms with Crippen molar-refractivity contribution in [1.29, 1.82) is 5.26 Å². The minimum absolute atomic E-state index is 0.0830. The van der Waals surface area contributed by atoms with E-state index in [0.29, 0.717) is 22.4 Å². The molecule has 0 bridgehead atoms. The molecule has 0 N–H and O–H groups in total. The van der Waals surface area contributed by atoms with Crippen molar-refractivity contribution in [2.75, 3.05) is 19.6 Å². The van der Waals surface area contributed by atoms with Crippen molar-refractivity contribution in [1.82, 2.24) is 14.4 Å². The molecule has 2 heterocycles. The van der Waals surface area contributed by atoms with Crippen LogP contribution < -0.4 is 0 Å². The van der Waals surface area contributed by atoms with E-state index in [-0.39, 0.29) is 42.4 Å². The van der Waals surface area contributed by atoms with E-state index in [9.17, 15) is 26.4 Å². The summed E-state index contributed by atoms with van der Waals surface area (Å²) in [6.45, 7) is 1.09. The fourth-order valence-electron chi connectivity index (χ4n) is 3.93. The van der Waals surface area contributed by atoms with E-state index in [1.54, 1.807) is 0 Å². The minimum atomic E-state index is -4.63. The molecule has 1 amide bonds. The topological polar surface area (TPSA) is 108 Å². The fourth-order valence-corrected chi connectivity index (χ4v) is 5.74. The first kappa shape index (κ1) is 24.7. The molecule has 1 unspecified atom stereocenters. The second kappa shape index (κ2) is 9.52. The van der Waals surface area contributed by atoms with Gasteiger partial charge in [-0.25, -0.2) is 8.42 Å². The summed E-state index contributed by atoms with van der Waals surface area (Å²) in [6.07, 6.45) is -4.02. The third kappa shape index (κ3) is 5.72. The van der Waals surface area contributed by atoms with Crippen molar-refractivity contribution in [2.24, 2.45) is 5.92 Å². The lowest BCUT2D eigenvalue weighted by Gasteiger charge is -2.34. The average Bonchev–Trinajstić information content (AvgIpc) is 3.11. The molecular formula is C21H23F3N4O4S. The Bertz CT molecular complexity index is 1130. The number of hydrogen-bond acceptors (Lipinski definition) is 6. The van der Waals surface area contributed by atoms with Gasteiger partial charge >= 0.3 is 6.18 Å². The maximum Gasteiger partial charge on any atom is 0.406 e. The van der Waals surface area contributed by atoms with Crippen molar-refractivity contribution >= 4 is 15.9 Å². The van der Waals surface area contributed by atoms with E-state index in [2.05, 4.69) is 5.16 Å². The summed E-state index contributed by atoms with van der Waals surface area (Å²) >= 11 is 0. The summed E-state index contributed by atoms with van der Waals surface area (Å²) < 4.78 is 72.0. The highest BCUT2D eigenvalue weighted by Gasteiger charge is 2.40. The molecule has 1 fully saturated rings. The number of nitrogens with zero attached hydrogens (tertiary/aromatic N) is 4. The zero-order valence-electron chi connectivity index (χ0n) is 18.1. The van der Waals surface area contributed by atoms with E-state index < -0.39 is 34.6 Å². The number of aryl methyl sites for hydroxylation is 2. The first-order chi connectivity index (χ1) is 15.4. The molecule has 1 saturated heterocycles. The van der Waals surface area contributed by atoms with Gasteiger partial charge in [-0.05, 0) is 44.4 Å². The smallest absolute Gasteiger partial charge is 0.360 e. The van der Waals surface area contributed by atoms with Gasteiger partial charge in [0, 0.05) is 19.6 Å². The molecule has 12 heteroatoms. The fraction of sp³-hybridized carbons (Fsp3) is 0.476. The van der Waals surface area contributed by atoms with Gasteiger partial charge in [0.15, 0.2) is 5.76 Å². The van der Waals surface area contributed by atoms with Crippen LogP contribution in [0, 0.1) is 31.1 Å². The average molecular weight is 485 g/mol. The number of rotatable bonds is 6. The Balaban J connectivity index is 1.82. The van der Waals surface area contributed by atoms with E-state index in [0.717, 1.165) is 4.31 Å². The number of nitriles is 1. The molecule has 0 radical (unpaired) electrons. The molecule has 178 valence electrons. The van der Waals surface area contributed by atoms with Gasteiger partial charge in [-0.15, -0.1) is 0 Å². The van der Waals surface area contributed by atoms with Crippen LogP contribution in [0.2, 0.25) is 0 Å². The molecule has 33 heavy (non-hydrogen) atoms. The SMILES string of the molecule is Cc1noc(C)c1S(=O)(=O)N1CCCC(C(=O)N(Cc2ccc(C#N)cc2)CC(F)(F)F)C1. The Hall–Kier alpha value is -2.91. The van der Waals surface area contributed by atoms with Gasteiger partial charge < -0.3 is 9.42 Å². The Morgan fingerprint density at radius 1 is 1.30 bits per heavy atom. The molecule has 0 spiro atoms. The molecule has 1 aromatic heterocycles. The van der Waals surface area contributed by atoms with Crippen LogP contribution in [0.15, 0.2) is 33.7 Å². The molecule has 3 rings (SSSR count). The van der Waals surface area contributed by atoms with E-state index in [1.807, 2.05) is 6.07 Å². The summed E-state index contributed by atoms with van der Waals surface area (Å²) in [5.41, 5.74) is 0.961. The summed E-state index contributed by atoms with van der Waals surface area (Å²) in [4.78, 5) is 13.7. The molecule has 0 aliphatic carbocycles. The second-order valence-electron chi connectivity index (χ2n) is 7.97. The van der Waals surface area contributed by atoms with Crippen molar-refractivity contribution in [3.05, 3.63) is 46.8 Å². The van der Waals surface area contributed by atoms with Crippen LogP contribution in [0.5, 0.6) is 0 Å². The summed E-state index contributed by atoms with van der Waals surface area (Å²) in [5.74, 6) is -1.58. The Morgan fingerprint density at radius 3 is 2.52 bits per heavy atom. The molecule has 2 aromatic rings. The highest BCUT2D eigenvalue weighted by molar-refractivity contribution is 7.89. The molecule has 0 saturated carbocycles. The first-order valence-electron chi connectivity index (χ1n) is 10.2. The zero-order valence-corrected chi connectivity index (χ0v) is 18.9. The Kier molecular flexibility index (Phi) is 7.14. The second-order valence-corrected chi connectivity index (χ2v) is 9.85. The molecular weight excluding hydrogens is 461 g/mol. The van der Waals surface area contributed by atoms with Crippen molar-refractivity contribution in [3.8, 4) is 6.07 Å². The number of halogens is 3. The first-order valence-corrected chi connectivity index (χ1v) is 11.6. The van der Waals surface area contributed by atoms with Gasteiger partial charge in [0.1, 0.15) is 17.1 Å². The molecule has 8 nitrogen and oxygen atoms in total. The Labute approximate surface area is 189 Å². The number of carbonyl (C=O) groups is 1. The van der Waals surface area contributed by atoms with E-state index in [1.165, 1.54) is 38.1 Å². The van der Waals surface area contributed by atoms with E-state index in [4.69, 9.17) is 9.78 Å². The summed E-state index contributed by atoms with van der Waals surface area (Å²) in [7, 11) is -4.02. The molecule has 1 atom stereocenters. The third-order valence-corrected chi connectivity index (χ3v) is 7.55.